The van der Waals surface area contributed by atoms with Gasteiger partial charge in [-0.3, -0.25) is 4.40 Å². The lowest BCUT2D eigenvalue weighted by molar-refractivity contribution is 0.321. The summed E-state index contributed by atoms with van der Waals surface area (Å²) in [5.41, 5.74) is 1.56. The second kappa shape index (κ2) is 8.98. The van der Waals surface area contributed by atoms with Gasteiger partial charge in [0.25, 0.3) is 0 Å². The third-order valence-corrected chi connectivity index (χ3v) is 3.86. The molecule has 0 spiro atoms. The standard InChI is InChI=1S/C19H23FN6O/c1-3-21-19(22-12-14-8-9-16(27-4-2)15(20)11-14)23-13-18-25-24-17-7-5-6-10-26(17)18/h5-11H,3-4,12-13H2,1-2H3,(H2,21,22,23). The Morgan fingerprint density at radius 3 is 2.85 bits per heavy atom. The van der Waals surface area contributed by atoms with Crippen molar-refractivity contribution in [1.29, 1.82) is 0 Å². The zero-order valence-electron chi connectivity index (χ0n) is 15.4. The lowest BCUT2D eigenvalue weighted by Gasteiger charge is -2.11. The Morgan fingerprint density at radius 1 is 1.19 bits per heavy atom. The first-order valence-corrected chi connectivity index (χ1v) is 8.93. The summed E-state index contributed by atoms with van der Waals surface area (Å²) in [6.45, 7) is 5.77. The van der Waals surface area contributed by atoms with Crippen LogP contribution in [0.3, 0.4) is 0 Å². The van der Waals surface area contributed by atoms with Gasteiger partial charge >= 0.3 is 0 Å². The number of ether oxygens (including phenoxy) is 1. The first-order chi connectivity index (χ1) is 13.2. The van der Waals surface area contributed by atoms with Crippen molar-refractivity contribution in [2.75, 3.05) is 13.2 Å². The lowest BCUT2D eigenvalue weighted by Crippen LogP contribution is -2.37. The predicted octanol–water partition coefficient (Wildman–Crippen LogP) is 2.52. The van der Waals surface area contributed by atoms with Gasteiger partial charge < -0.3 is 15.4 Å². The Hall–Kier alpha value is -3.16. The molecule has 0 radical (unpaired) electrons. The van der Waals surface area contributed by atoms with Crippen LogP contribution in [0.4, 0.5) is 4.39 Å². The molecule has 3 aromatic rings. The third kappa shape index (κ3) is 4.72. The highest BCUT2D eigenvalue weighted by molar-refractivity contribution is 5.79. The van der Waals surface area contributed by atoms with Crippen molar-refractivity contribution < 1.29 is 9.13 Å². The van der Waals surface area contributed by atoms with Gasteiger partial charge in [0, 0.05) is 12.7 Å². The molecule has 2 N–H and O–H groups in total. The minimum absolute atomic E-state index is 0.258. The van der Waals surface area contributed by atoms with E-state index >= 15 is 0 Å². The first kappa shape index (κ1) is 18.6. The molecule has 1 aromatic carbocycles. The molecule has 0 unspecified atom stereocenters. The number of benzene rings is 1. The van der Waals surface area contributed by atoms with Crippen LogP contribution in [0.1, 0.15) is 25.2 Å². The maximum Gasteiger partial charge on any atom is 0.191 e. The van der Waals surface area contributed by atoms with Crippen molar-refractivity contribution in [3.05, 3.63) is 59.8 Å². The van der Waals surface area contributed by atoms with Crippen LogP contribution in [0, 0.1) is 5.82 Å². The summed E-state index contributed by atoms with van der Waals surface area (Å²) in [5.74, 6) is 1.29. The molecular weight excluding hydrogens is 347 g/mol. The zero-order valence-corrected chi connectivity index (χ0v) is 15.4. The molecule has 0 aliphatic carbocycles. The number of pyridine rings is 1. The Bertz CT molecular complexity index is 923. The van der Waals surface area contributed by atoms with Crippen molar-refractivity contribution in [1.82, 2.24) is 25.2 Å². The topological polar surface area (TPSA) is 75.8 Å². The summed E-state index contributed by atoms with van der Waals surface area (Å²) in [6, 6.07) is 10.6. The molecule has 0 saturated heterocycles. The van der Waals surface area contributed by atoms with Crippen molar-refractivity contribution in [3.63, 3.8) is 0 Å². The van der Waals surface area contributed by atoms with E-state index in [9.17, 15) is 4.39 Å². The van der Waals surface area contributed by atoms with Gasteiger partial charge in [0.1, 0.15) is 0 Å². The van der Waals surface area contributed by atoms with Crippen LogP contribution in [0.15, 0.2) is 47.6 Å². The maximum atomic E-state index is 14.0. The van der Waals surface area contributed by atoms with E-state index in [2.05, 4.69) is 25.8 Å². The molecule has 3 rings (SSSR count). The number of aromatic nitrogens is 3. The van der Waals surface area contributed by atoms with E-state index < -0.39 is 0 Å². The van der Waals surface area contributed by atoms with Crippen molar-refractivity contribution >= 4 is 11.6 Å². The number of hydrogen-bond donors (Lipinski definition) is 2. The minimum atomic E-state index is -0.377. The van der Waals surface area contributed by atoms with Crippen LogP contribution in [-0.4, -0.2) is 33.7 Å². The second-order valence-electron chi connectivity index (χ2n) is 5.79. The molecule has 7 nitrogen and oxygen atoms in total. The maximum absolute atomic E-state index is 14.0. The van der Waals surface area contributed by atoms with Crippen LogP contribution in [0.25, 0.3) is 5.65 Å². The van der Waals surface area contributed by atoms with Crippen molar-refractivity contribution in [3.8, 4) is 5.75 Å². The van der Waals surface area contributed by atoms with Gasteiger partial charge in [0.15, 0.2) is 29.0 Å². The van der Waals surface area contributed by atoms with Gasteiger partial charge in [0.2, 0.25) is 0 Å². The summed E-state index contributed by atoms with van der Waals surface area (Å²) >= 11 is 0. The molecule has 0 saturated carbocycles. The highest BCUT2D eigenvalue weighted by Crippen LogP contribution is 2.18. The Morgan fingerprint density at radius 2 is 2.07 bits per heavy atom. The summed E-state index contributed by atoms with van der Waals surface area (Å²) in [4.78, 5) is 4.51. The van der Waals surface area contributed by atoms with E-state index in [4.69, 9.17) is 4.74 Å². The third-order valence-electron chi connectivity index (χ3n) is 3.86. The largest absolute Gasteiger partial charge is 0.491 e. The number of aliphatic imine (C=N–C) groups is 1. The monoisotopic (exact) mass is 370 g/mol. The molecule has 2 aromatic heterocycles. The molecule has 0 aliphatic heterocycles. The first-order valence-electron chi connectivity index (χ1n) is 8.93. The normalized spacial score (nSPS) is 11.6. The predicted molar refractivity (Wildman–Crippen MR) is 102 cm³/mol. The van der Waals surface area contributed by atoms with Gasteiger partial charge in [0.05, 0.1) is 19.7 Å². The molecular formula is C19H23FN6O. The summed E-state index contributed by atoms with van der Waals surface area (Å²) < 4.78 is 21.1. The molecule has 0 amide bonds. The van der Waals surface area contributed by atoms with Gasteiger partial charge in [-0.15, -0.1) is 10.2 Å². The SMILES string of the molecule is CCNC(=NCc1ccc(OCC)c(F)c1)NCc1nnc2ccccn12. The molecule has 142 valence electrons. The number of guanidine groups is 1. The van der Waals surface area contributed by atoms with Crippen molar-refractivity contribution in [2.24, 2.45) is 4.99 Å². The molecule has 0 aliphatic rings. The Balaban J connectivity index is 1.66. The van der Waals surface area contributed by atoms with E-state index in [0.29, 0.717) is 32.2 Å². The summed E-state index contributed by atoms with van der Waals surface area (Å²) in [5, 5.41) is 14.7. The van der Waals surface area contributed by atoms with E-state index in [-0.39, 0.29) is 11.6 Å². The zero-order chi connectivity index (χ0) is 19.1. The number of fused-ring (bicyclic) bond motifs is 1. The summed E-state index contributed by atoms with van der Waals surface area (Å²) in [7, 11) is 0. The molecule has 0 bridgehead atoms. The van der Waals surface area contributed by atoms with Gasteiger partial charge in [-0.1, -0.05) is 12.1 Å². The van der Waals surface area contributed by atoms with E-state index in [0.717, 1.165) is 17.0 Å². The fraction of sp³-hybridized carbons (Fsp3) is 0.316. The highest BCUT2D eigenvalue weighted by Gasteiger charge is 2.07. The molecule has 2 heterocycles. The summed E-state index contributed by atoms with van der Waals surface area (Å²) in [6.07, 6.45) is 1.92. The molecule has 27 heavy (non-hydrogen) atoms. The molecule has 8 heteroatoms. The number of halogens is 1. The average Bonchev–Trinajstić information content (AvgIpc) is 3.09. The number of nitrogens with one attached hydrogen (secondary N) is 2. The second-order valence-corrected chi connectivity index (χ2v) is 5.79. The lowest BCUT2D eigenvalue weighted by atomic mass is 10.2. The van der Waals surface area contributed by atoms with Gasteiger partial charge in [-0.05, 0) is 43.7 Å². The van der Waals surface area contributed by atoms with E-state index in [1.807, 2.05) is 48.7 Å². The smallest absolute Gasteiger partial charge is 0.191 e. The Labute approximate surface area is 157 Å². The van der Waals surface area contributed by atoms with E-state index in [1.54, 1.807) is 6.07 Å². The van der Waals surface area contributed by atoms with E-state index in [1.165, 1.54) is 6.07 Å². The van der Waals surface area contributed by atoms with Crippen LogP contribution in [-0.2, 0) is 13.1 Å². The quantitative estimate of drug-likeness (QED) is 0.494. The van der Waals surface area contributed by atoms with Gasteiger partial charge in [-0.2, -0.15) is 0 Å². The molecule has 0 fully saturated rings. The van der Waals surface area contributed by atoms with Crippen molar-refractivity contribution in [2.45, 2.75) is 26.9 Å². The Kier molecular flexibility index (Phi) is 6.19. The minimum Gasteiger partial charge on any atom is -0.491 e. The fourth-order valence-corrected chi connectivity index (χ4v) is 2.60. The number of hydrogen-bond acceptors (Lipinski definition) is 4. The van der Waals surface area contributed by atoms with Crippen LogP contribution >= 0.6 is 0 Å². The van der Waals surface area contributed by atoms with Crippen LogP contribution in [0.2, 0.25) is 0 Å². The number of rotatable bonds is 7. The van der Waals surface area contributed by atoms with Crippen LogP contribution in [0.5, 0.6) is 5.75 Å². The number of nitrogens with zero attached hydrogens (tertiary/aromatic N) is 4. The highest BCUT2D eigenvalue weighted by atomic mass is 19.1. The average molecular weight is 370 g/mol. The van der Waals surface area contributed by atoms with Crippen LogP contribution < -0.4 is 15.4 Å². The van der Waals surface area contributed by atoms with Gasteiger partial charge in [-0.25, -0.2) is 9.38 Å². The molecule has 0 atom stereocenters. The fourth-order valence-electron chi connectivity index (χ4n) is 2.60.